The number of hydrogen-bond acceptors (Lipinski definition) is 0. The summed E-state index contributed by atoms with van der Waals surface area (Å²) in [7, 11) is 5.47. The van der Waals surface area contributed by atoms with Gasteiger partial charge in [-0.3, -0.25) is 0 Å². The third-order valence-corrected chi connectivity index (χ3v) is 0. The van der Waals surface area contributed by atoms with Crippen LogP contribution >= 0.6 is 43.8 Å². The van der Waals surface area contributed by atoms with Crippen LogP contribution in [-0.4, -0.2) is 12.9 Å². The van der Waals surface area contributed by atoms with Gasteiger partial charge >= 0.3 is 56.7 Å². The zero-order chi connectivity index (χ0) is 3.58. The van der Waals surface area contributed by atoms with E-state index in [2.05, 4.69) is 35.5 Å². The molecule has 0 aliphatic rings. The molecule has 0 aromatic carbocycles. The van der Waals surface area contributed by atoms with Gasteiger partial charge in [-0.1, -0.05) is 0 Å². The molecule has 0 aromatic rings. The third-order valence-electron chi connectivity index (χ3n) is 0. The summed E-state index contributed by atoms with van der Waals surface area (Å²) in [6, 6.07) is 0. The molecule has 0 radical (unpaired) electrons. The van der Waals surface area contributed by atoms with Crippen molar-refractivity contribution in [2.24, 2.45) is 0 Å². The Labute approximate surface area is 55.2 Å². The average Bonchev–Trinajstić information content (AvgIpc) is 0.811. The molecule has 4 heavy (non-hydrogen) atoms. The van der Waals surface area contributed by atoms with E-state index in [9.17, 15) is 0 Å². The summed E-state index contributed by atoms with van der Waals surface area (Å²) >= 11 is 3.33. The topological polar surface area (TPSA) is 0 Å². The molecule has 4 heteroatoms. The molecule has 26 valence electrons. The molecular formula is HClI2Pb. The zero-order valence-electron chi connectivity index (χ0n) is 1.71. The predicted molar refractivity (Wildman–Crippen MR) is 41.0 cm³/mol. The van der Waals surface area contributed by atoms with Crippen molar-refractivity contribution in [3.8, 4) is 0 Å². The SMILES string of the molecule is [Cl][PbH]([I])[I]. The molecule has 0 unspecified atom stereocenters. The summed E-state index contributed by atoms with van der Waals surface area (Å²) in [5.41, 5.74) is 0. The van der Waals surface area contributed by atoms with Gasteiger partial charge in [0, 0.05) is 0 Å². The Balaban J connectivity index is 2.32. The number of rotatable bonds is 0. The minimum atomic E-state index is -1.31. The Bertz CT molecular complexity index is 10.8. The maximum atomic E-state index is 5.47. The fourth-order valence-corrected chi connectivity index (χ4v) is 0. The van der Waals surface area contributed by atoms with Gasteiger partial charge in [0.2, 0.25) is 0 Å². The van der Waals surface area contributed by atoms with E-state index in [0.29, 0.717) is 0 Å². The van der Waals surface area contributed by atoms with Gasteiger partial charge < -0.3 is 0 Å². The first-order valence-corrected chi connectivity index (χ1v) is 31.4. The van der Waals surface area contributed by atoms with Crippen molar-refractivity contribution in [1.29, 1.82) is 0 Å². The van der Waals surface area contributed by atoms with Gasteiger partial charge in [-0.25, -0.2) is 0 Å². The summed E-state index contributed by atoms with van der Waals surface area (Å²) in [4.78, 5) is 0. The molecule has 0 N–H and O–H groups in total. The Morgan fingerprint density at radius 2 is 1.50 bits per heavy atom. The van der Waals surface area contributed by atoms with Crippen molar-refractivity contribution in [2.45, 2.75) is 0 Å². The van der Waals surface area contributed by atoms with Crippen molar-refractivity contribution in [3.63, 3.8) is 0 Å². The van der Waals surface area contributed by atoms with Crippen molar-refractivity contribution in [3.05, 3.63) is 0 Å². The second-order valence-electron chi connectivity index (χ2n) is 0.247. The second-order valence-corrected chi connectivity index (χ2v) is 61.7. The van der Waals surface area contributed by atoms with Gasteiger partial charge in [0.15, 0.2) is 0 Å². The van der Waals surface area contributed by atoms with Crippen LogP contribution in [0.25, 0.3) is 0 Å². The molecule has 0 fully saturated rings. The van der Waals surface area contributed by atoms with Crippen LogP contribution in [0.2, 0.25) is 0 Å². The van der Waals surface area contributed by atoms with Crippen molar-refractivity contribution < 1.29 is 0 Å². The molecule has 0 amide bonds. The molecule has 0 rings (SSSR count). The fourth-order valence-electron chi connectivity index (χ4n) is 0. The maximum absolute atomic E-state index is 5.47. The Hall–Kier alpha value is 2.67. The van der Waals surface area contributed by atoms with Crippen LogP contribution < -0.4 is 0 Å². The third kappa shape index (κ3) is 8.82. The van der Waals surface area contributed by atoms with Crippen LogP contribution in [0.1, 0.15) is 0 Å². The molecule has 0 saturated heterocycles. The van der Waals surface area contributed by atoms with E-state index in [1.54, 1.807) is 0 Å². The summed E-state index contributed by atoms with van der Waals surface area (Å²) in [5, 5.41) is 0. The van der Waals surface area contributed by atoms with Crippen LogP contribution in [0.3, 0.4) is 0 Å². The van der Waals surface area contributed by atoms with Gasteiger partial charge in [0.1, 0.15) is 0 Å². The van der Waals surface area contributed by atoms with E-state index in [1.165, 1.54) is 0 Å². The normalized spacial score (nSPS) is 9.00. The van der Waals surface area contributed by atoms with Gasteiger partial charge in [-0.2, -0.15) is 0 Å². The van der Waals surface area contributed by atoms with Gasteiger partial charge in [-0.15, -0.1) is 0 Å². The van der Waals surface area contributed by atoms with Crippen LogP contribution in [-0.2, 0) is 0 Å². The van der Waals surface area contributed by atoms with Crippen LogP contribution in [0.15, 0.2) is 0 Å². The van der Waals surface area contributed by atoms with Crippen molar-refractivity contribution in [2.75, 3.05) is 0 Å². The predicted octanol–water partition coefficient (Wildman–Crippen LogP) is 1.81. The molecule has 0 nitrogen and oxygen atoms in total. The Morgan fingerprint density at radius 3 is 1.50 bits per heavy atom. The fraction of sp³-hybridized carbons (Fsp3) is 0. The van der Waals surface area contributed by atoms with Gasteiger partial charge in [-0.05, 0) is 0 Å². The molecule has 0 aromatic heterocycles. The van der Waals surface area contributed by atoms with Crippen molar-refractivity contribution in [1.82, 2.24) is 0 Å². The summed E-state index contributed by atoms with van der Waals surface area (Å²) < 4.78 is 0. The van der Waals surface area contributed by atoms with Gasteiger partial charge in [0.25, 0.3) is 0 Å². The van der Waals surface area contributed by atoms with Crippen LogP contribution in [0, 0.1) is 0 Å². The monoisotopic (exact) mass is 498 g/mol. The summed E-state index contributed by atoms with van der Waals surface area (Å²) in [6.07, 6.45) is 0. The van der Waals surface area contributed by atoms with Crippen LogP contribution in [0.4, 0.5) is 0 Å². The Morgan fingerprint density at radius 1 is 1.50 bits per heavy atom. The molecule has 0 spiro atoms. The van der Waals surface area contributed by atoms with E-state index in [0.717, 1.165) is 0 Å². The quantitative estimate of drug-likeness (QED) is 0.354. The molecule has 0 atom stereocenters. The molecule has 0 bridgehead atoms. The van der Waals surface area contributed by atoms with Crippen LogP contribution in [0.5, 0.6) is 0 Å². The Kier molecular flexibility index (Phi) is 6.42. The van der Waals surface area contributed by atoms with E-state index in [1.807, 2.05) is 0 Å². The van der Waals surface area contributed by atoms with E-state index >= 15 is 0 Å². The standard InChI is InChI=1S/ClH.2HI.Pb.H/h3*1H;;/q;;;+3;/p-3. The molecule has 0 aliphatic heterocycles. The first-order valence-electron chi connectivity index (χ1n) is 0.655. The minimum absolute atomic E-state index is 1.31. The molecular weight excluding hydrogens is 496 g/mol. The van der Waals surface area contributed by atoms with E-state index in [4.69, 9.17) is 8.32 Å². The number of halogens is 3. The molecule has 0 saturated carbocycles. The molecule has 0 aliphatic carbocycles. The average molecular weight is 497 g/mol. The first-order chi connectivity index (χ1) is 1.73. The summed E-state index contributed by atoms with van der Waals surface area (Å²) in [6.45, 7) is 0. The molecule has 0 heterocycles. The second kappa shape index (κ2) is 3.85. The summed E-state index contributed by atoms with van der Waals surface area (Å²) in [5.74, 6) is 0. The van der Waals surface area contributed by atoms with Crippen molar-refractivity contribution >= 4 is 56.7 Å². The van der Waals surface area contributed by atoms with Gasteiger partial charge in [0.05, 0.1) is 0 Å². The first kappa shape index (κ1) is 6.67. The van der Waals surface area contributed by atoms with E-state index < -0.39 is 12.9 Å². The van der Waals surface area contributed by atoms with E-state index in [-0.39, 0.29) is 0 Å². The number of hydrogen-bond donors (Lipinski definition) is 0. The zero-order valence-corrected chi connectivity index (χ0v) is 11.3.